The van der Waals surface area contributed by atoms with Crippen LogP contribution >= 0.6 is 15.9 Å². The number of carbonyl (C=O) groups is 1. The minimum absolute atomic E-state index is 0.224. The third-order valence-electron chi connectivity index (χ3n) is 2.77. The molecule has 3 nitrogen and oxygen atoms in total. The van der Waals surface area contributed by atoms with Crippen LogP contribution in [-0.4, -0.2) is 23.2 Å². The highest BCUT2D eigenvalue weighted by atomic mass is 79.9. The molecular formula is C11H10BrF2NO2. The van der Waals surface area contributed by atoms with E-state index in [4.69, 9.17) is 5.11 Å². The maximum atomic E-state index is 13.5. The molecule has 1 aliphatic carbocycles. The monoisotopic (exact) mass is 305 g/mol. The highest BCUT2D eigenvalue weighted by molar-refractivity contribution is 9.10. The predicted octanol–water partition coefficient (Wildman–Crippen LogP) is 1.98. The van der Waals surface area contributed by atoms with Crippen LogP contribution in [0.3, 0.4) is 0 Å². The fourth-order valence-corrected chi connectivity index (χ4v) is 1.94. The van der Waals surface area contributed by atoms with Crippen molar-refractivity contribution in [1.29, 1.82) is 0 Å². The van der Waals surface area contributed by atoms with Crippen molar-refractivity contribution in [2.75, 3.05) is 6.61 Å². The first kappa shape index (κ1) is 12.4. The molecule has 0 bridgehead atoms. The number of aliphatic hydroxyl groups is 1. The molecule has 1 aromatic rings. The van der Waals surface area contributed by atoms with E-state index in [1.54, 1.807) is 0 Å². The van der Waals surface area contributed by atoms with Crippen LogP contribution in [0.1, 0.15) is 23.2 Å². The first-order chi connectivity index (χ1) is 7.97. The molecule has 1 saturated carbocycles. The highest BCUT2D eigenvalue weighted by Crippen LogP contribution is 2.35. The molecule has 0 saturated heterocycles. The van der Waals surface area contributed by atoms with Gasteiger partial charge in [0.25, 0.3) is 5.91 Å². The third kappa shape index (κ3) is 2.47. The summed E-state index contributed by atoms with van der Waals surface area (Å²) >= 11 is 2.93. The van der Waals surface area contributed by atoms with Crippen LogP contribution in [0.15, 0.2) is 16.6 Å². The second kappa shape index (κ2) is 4.34. The Balaban J connectivity index is 2.25. The molecule has 6 heteroatoms. The molecule has 0 atom stereocenters. The number of hydrogen-bond donors (Lipinski definition) is 2. The van der Waals surface area contributed by atoms with Crippen molar-refractivity contribution in [3.8, 4) is 0 Å². The maximum absolute atomic E-state index is 13.5. The summed E-state index contributed by atoms with van der Waals surface area (Å²) in [6, 6.07) is 2.05. The van der Waals surface area contributed by atoms with E-state index in [1.165, 1.54) is 0 Å². The van der Waals surface area contributed by atoms with Crippen molar-refractivity contribution in [3.63, 3.8) is 0 Å². The van der Waals surface area contributed by atoms with Crippen LogP contribution < -0.4 is 5.32 Å². The van der Waals surface area contributed by atoms with Gasteiger partial charge in [0, 0.05) is 4.47 Å². The first-order valence-electron chi connectivity index (χ1n) is 5.05. The number of benzene rings is 1. The number of amides is 1. The Morgan fingerprint density at radius 3 is 2.35 bits per heavy atom. The largest absolute Gasteiger partial charge is 0.394 e. The smallest absolute Gasteiger partial charge is 0.257 e. The van der Waals surface area contributed by atoms with Gasteiger partial charge >= 0.3 is 0 Å². The first-order valence-corrected chi connectivity index (χ1v) is 5.85. The molecule has 2 rings (SSSR count). The number of rotatable bonds is 3. The van der Waals surface area contributed by atoms with Crippen molar-refractivity contribution in [3.05, 3.63) is 33.8 Å². The summed E-state index contributed by atoms with van der Waals surface area (Å²) < 4.78 is 27.2. The average Bonchev–Trinajstić information content (AvgIpc) is 2.96. The number of carbonyl (C=O) groups excluding carboxylic acids is 1. The van der Waals surface area contributed by atoms with E-state index >= 15 is 0 Å². The molecule has 0 heterocycles. The highest BCUT2D eigenvalue weighted by Gasteiger charge is 2.44. The van der Waals surface area contributed by atoms with Crippen LogP contribution in [0.4, 0.5) is 8.78 Å². The molecular weight excluding hydrogens is 296 g/mol. The normalized spacial score (nSPS) is 16.7. The van der Waals surface area contributed by atoms with Gasteiger partial charge in [-0.15, -0.1) is 0 Å². The van der Waals surface area contributed by atoms with Gasteiger partial charge in [-0.2, -0.15) is 0 Å². The number of aliphatic hydroxyl groups excluding tert-OH is 1. The van der Waals surface area contributed by atoms with Crippen LogP contribution in [0.25, 0.3) is 0 Å². The quantitative estimate of drug-likeness (QED) is 0.897. The van der Waals surface area contributed by atoms with Gasteiger partial charge in [0.15, 0.2) is 0 Å². The second-order valence-electron chi connectivity index (χ2n) is 4.14. The average molecular weight is 306 g/mol. The Hall–Kier alpha value is -1.01. The summed E-state index contributed by atoms with van der Waals surface area (Å²) in [5.41, 5.74) is -1.31. The van der Waals surface area contributed by atoms with Crippen LogP contribution in [-0.2, 0) is 0 Å². The van der Waals surface area contributed by atoms with Gasteiger partial charge in [-0.3, -0.25) is 4.79 Å². The molecule has 0 aliphatic heterocycles. The minimum Gasteiger partial charge on any atom is -0.394 e. The van der Waals surface area contributed by atoms with Gasteiger partial charge in [0.2, 0.25) is 0 Å². The fourth-order valence-electron chi connectivity index (χ4n) is 1.54. The van der Waals surface area contributed by atoms with Crippen LogP contribution in [0.2, 0.25) is 0 Å². The van der Waals surface area contributed by atoms with Gasteiger partial charge in [0.1, 0.15) is 17.2 Å². The summed E-state index contributed by atoms with van der Waals surface area (Å²) in [5.74, 6) is -2.69. The van der Waals surface area contributed by atoms with E-state index in [2.05, 4.69) is 21.2 Å². The molecule has 0 spiro atoms. The molecule has 1 aromatic carbocycles. The zero-order valence-corrected chi connectivity index (χ0v) is 10.4. The van der Waals surface area contributed by atoms with Crippen LogP contribution in [0.5, 0.6) is 0 Å². The second-order valence-corrected chi connectivity index (χ2v) is 5.05. The lowest BCUT2D eigenvalue weighted by Gasteiger charge is -2.15. The molecule has 0 aromatic heterocycles. The Bertz CT molecular complexity index is 452. The lowest BCUT2D eigenvalue weighted by molar-refractivity contribution is 0.0898. The summed E-state index contributed by atoms with van der Waals surface area (Å²) in [7, 11) is 0. The zero-order chi connectivity index (χ0) is 12.6. The molecule has 0 unspecified atom stereocenters. The van der Waals surface area contributed by atoms with Gasteiger partial charge in [-0.05, 0) is 25.0 Å². The molecule has 1 amide bonds. The predicted molar refractivity (Wildman–Crippen MR) is 60.6 cm³/mol. The van der Waals surface area contributed by atoms with E-state index in [-0.39, 0.29) is 11.1 Å². The summed E-state index contributed by atoms with van der Waals surface area (Å²) in [6.07, 6.45) is 1.24. The molecule has 2 N–H and O–H groups in total. The molecule has 17 heavy (non-hydrogen) atoms. The van der Waals surface area contributed by atoms with Gasteiger partial charge in [-0.1, -0.05) is 15.9 Å². The molecule has 1 aliphatic rings. The van der Waals surface area contributed by atoms with E-state index in [0.717, 1.165) is 12.1 Å². The summed E-state index contributed by atoms with van der Waals surface area (Å²) in [4.78, 5) is 11.7. The van der Waals surface area contributed by atoms with E-state index in [1.807, 2.05) is 0 Å². The lowest BCUT2D eigenvalue weighted by atomic mass is 10.1. The van der Waals surface area contributed by atoms with E-state index < -0.39 is 28.6 Å². The van der Waals surface area contributed by atoms with Crippen LogP contribution in [0, 0.1) is 11.6 Å². The summed E-state index contributed by atoms with van der Waals surface area (Å²) in [5, 5.41) is 11.5. The number of nitrogens with one attached hydrogen (secondary N) is 1. The lowest BCUT2D eigenvalue weighted by Crippen LogP contribution is -2.40. The van der Waals surface area contributed by atoms with Crippen molar-refractivity contribution in [2.24, 2.45) is 0 Å². The van der Waals surface area contributed by atoms with E-state index in [9.17, 15) is 13.6 Å². The maximum Gasteiger partial charge on any atom is 0.257 e. The minimum atomic E-state index is -0.928. The van der Waals surface area contributed by atoms with Crippen molar-refractivity contribution >= 4 is 21.8 Å². The van der Waals surface area contributed by atoms with Crippen molar-refractivity contribution < 1.29 is 18.7 Å². The van der Waals surface area contributed by atoms with Crippen molar-refractivity contribution in [2.45, 2.75) is 18.4 Å². The Morgan fingerprint density at radius 2 is 1.94 bits per heavy atom. The SMILES string of the molecule is O=C(NC1(CO)CC1)c1c(F)cc(Br)cc1F. The third-order valence-corrected chi connectivity index (χ3v) is 3.23. The zero-order valence-electron chi connectivity index (χ0n) is 8.77. The fraction of sp³-hybridized carbons (Fsp3) is 0.364. The van der Waals surface area contributed by atoms with Gasteiger partial charge in [-0.25, -0.2) is 8.78 Å². The van der Waals surface area contributed by atoms with Crippen molar-refractivity contribution in [1.82, 2.24) is 5.32 Å². The Labute approximate surface area is 105 Å². The standard InChI is InChI=1S/C11H10BrF2NO2/c12-6-3-7(13)9(8(14)4-6)10(17)15-11(5-16)1-2-11/h3-4,16H,1-2,5H2,(H,15,17). The number of halogens is 3. The Kier molecular flexibility index (Phi) is 3.18. The number of hydrogen-bond acceptors (Lipinski definition) is 2. The molecule has 0 radical (unpaired) electrons. The molecule has 1 fully saturated rings. The van der Waals surface area contributed by atoms with E-state index in [0.29, 0.717) is 12.8 Å². The molecule has 92 valence electrons. The summed E-state index contributed by atoms with van der Waals surface area (Å²) in [6.45, 7) is -0.224. The van der Waals surface area contributed by atoms with Gasteiger partial charge in [0.05, 0.1) is 12.1 Å². The Morgan fingerprint density at radius 1 is 1.41 bits per heavy atom. The van der Waals surface area contributed by atoms with Gasteiger partial charge < -0.3 is 10.4 Å². The topological polar surface area (TPSA) is 49.3 Å².